The number of hydrogen-bond acceptors (Lipinski definition) is 3. The van der Waals surface area contributed by atoms with Crippen LogP contribution in [0.1, 0.15) is 23.8 Å². The first-order valence-corrected chi connectivity index (χ1v) is 3.99. The molecule has 0 aromatic carbocycles. The van der Waals surface area contributed by atoms with Crippen LogP contribution in [-0.2, 0) is 0 Å². The molecule has 2 N–H and O–H groups in total. The molecule has 0 atom stereocenters. The van der Waals surface area contributed by atoms with E-state index < -0.39 is 18.5 Å². The van der Waals surface area contributed by atoms with E-state index in [9.17, 15) is 18.0 Å². The van der Waals surface area contributed by atoms with E-state index in [1.807, 2.05) is 0 Å². The van der Waals surface area contributed by atoms with Crippen molar-refractivity contribution in [2.75, 3.05) is 0 Å². The Kier molecular flexibility index (Phi) is 5.29. The van der Waals surface area contributed by atoms with Crippen LogP contribution in [0.25, 0.3) is 0 Å². The van der Waals surface area contributed by atoms with Crippen LogP contribution in [0.5, 0.6) is 0 Å². The van der Waals surface area contributed by atoms with Crippen molar-refractivity contribution in [1.82, 2.24) is 9.97 Å². The first-order chi connectivity index (χ1) is 6.87. The van der Waals surface area contributed by atoms with E-state index in [0.717, 1.165) is 6.92 Å². The molecule has 0 radical (unpaired) electrons. The molecule has 0 fully saturated rings. The largest absolute Gasteiger partial charge is 0.388 e. The number of halogens is 3. The first-order valence-electron chi connectivity index (χ1n) is 3.99. The molecule has 4 nitrogen and oxygen atoms in total. The number of carbonyl (C=O) groups excluding carboxylic acids is 1. The quantitative estimate of drug-likeness (QED) is 0.781. The Morgan fingerprint density at radius 2 is 2.00 bits per heavy atom. The van der Waals surface area contributed by atoms with Gasteiger partial charge in [-0.1, -0.05) is 6.92 Å². The number of amides is 1. The fourth-order valence-corrected chi connectivity index (χ4v) is 0.426. The zero-order valence-corrected chi connectivity index (χ0v) is 7.95. The molecule has 0 spiro atoms. The Morgan fingerprint density at radius 3 is 2.20 bits per heavy atom. The van der Waals surface area contributed by atoms with Crippen molar-refractivity contribution in [3.05, 3.63) is 24.3 Å². The molecular formula is C8H10F3N3O. The van der Waals surface area contributed by atoms with Gasteiger partial charge in [0.2, 0.25) is 0 Å². The molecule has 0 aliphatic heterocycles. The second kappa shape index (κ2) is 5.94. The highest BCUT2D eigenvalue weighted by Gasteiger charge is 2.22. The second-order valence-corrected chi connectivity index (χ2v) is 2.42. The van der Waals surface area contributed by atoms with Crippen molar-refractivity contribution < 1.29 is 18.0 Å². The zero-order valence-electron chi connectivity index (χ0n) is 7.95. The molecule has 0 aliphatic rings. The van der Waals surface area contributed by atoms with Crippen LogP contribution >= 0.6 is 0 Å². The summed E-state index contributed by atoms with van der Waals surface area (Å²) in [5.41, 5.74) is 5.06. The average molecular weight is 221 g/mol. The van der Waals surface area contributed by atoms with E-state index in [-0.39, 0.29) is 5.69 Å². The molecule has 1 amide bonds. The van der Waals surface area contributed by atoms with Gasteiger partial charge >= 0.3 is 6.18 Å². The highest BCUT2D eigenvalue weighted by molar-refractivity contribution is 5.90. The van der Waals surface area contributed by atoms with Crippen molar-refractivity contribution in [2.24, 2.45) is 5.73 Å². The molecule has 0 unspecified atom stereocenters. The molecule has 1 heterocycles. The fraction of sp³-hybridized carbons (Fsp3) is 0.375. The van der Waals surface area contributed by atoms with E-state index in [1.54, 1.807) is 0 Å². The van der Waals surface area contributed by atoms with E-state index in [0.29, 0.717) is 0 Å². The van der Waals surface area contributed by atoms with Crippen LogP contribution in [-0.4, -0.2) is 22.1 Å². The number of hydrogen-bond donors (Lipinski definition) is 1. The molecule has 0 bridgehead atoms. The van der Waals surface area contributed by atoms with Gasteiger partial charge in [0.1, 0.15) is 5.69 Å². The molecular weight excluding hydrogens is 211 g/mol. The highest BCUT2D eigenvalue weighted by Crippen LogP contribution is 2.17. The van der Waals surface area contributed by atoms with E-state index in [1.165, 1.54) is 18.6 Å². The molecule has 1 rings (SSSR count). The maximum Gasteiger partial charge on any atom is 0.388 e. The van der Waals surface area contributed by atoms with E-state index >= 15 is 0 Å². The normalized spacial score (nSPS) is 10.1. The maximum atomic E-state index is 10.8. The third kappa shape index (κ3) is 7.41. The molecule has 15 heavy (non-hydrogen) atoms. The Morgan fingerprint density at radius 1 is 1.47 bits per heavy atom. The van der Waals surface area contributed by atoms with E-state index in [2.05, 4.69) is 9.97 Å². The second-order valence-electron chi connectivity index (χ2n) is 2.42. The van der Waals surface area contributed by atoms with Gasteiger partial charge < -0.3 is 5.73 Å². The number of rotatable bonds is 1. The van der Waals surface area contributed by atoms with Crippen LogP contribution in [0.2, 0.25) is 0 Å². The first kappa shape index (κ1) is 13.3. The summed E-state index contributed by atoms with van der Waals surface area (Å²) in [6.45, 7) is 1.08. The Hall–Kier alpha value is -1.66. The summed E-state index contributed by atoms with van der Waals surface area (Å²) in [5.74, 6) is -0.553. The monoisotopic (exact) mass is 221 g/mol. The van der Waals surface area contributed by atoms with Gasteiger partial charge in [0.25, 0.3) is 5.91 Å². The van der Waals surface area contributed by atoms with Crippen molar-refractivity contribution >= 4 is 5.91 Å². The number of carbonyl (C=O) groups is 1. The predicted molar refractivity (Wildman–Crippen MR) is 46.9 cm³/mol. The minimum atomic E-state index is -3.96. The van der Waals surface area contributed by atoms with Crippen molar-refractivity contribution in [3.8, 4) is 0 Å². The summed E-state index contributed by atoms with van der Waals surface area (Å²) in [7, 11) is 0. The number of alkyl halides is 3. The summed E-state index contributed by atoms with van der Waals surface area (Å²) in [4.78, 5) is 17.6. The molecule has 0 saturated heterocycles. The highest BCUT2D eigenvalue weighted by atomic mass is 19.4. The Bertz CT molecular complexity index is 300. The van der Waals surface area contributed by atoms with Gasteiger partial charge in [-0.3, -0.25) is 9.78 Å². The van der Waals surface area contributed by atoms with Crippen LogP contribution in [0.15, 0.2) is 18.6 Å². The number of primary amides is 1. The molecule has 1 aromatic heterocycles. The number of nitrogens with two attached hydrogens (primary N) is 1. The molecule has 84 valence electrons. The van der Waals surface area contributed by atoms with E-state index in [4.69, 9.17) is 5.73 Å². The molecule has 7 heteroatoms. The zero-order chi connectivity index (χ0) is 11.9. The predicted octanol–water partition coefficient (Wildman–Crippen LogP) is 1.53. The van der Waals surface area contributed by atoms with Crippen LogP contribution in [0.4, 0.5) is 13.2 Å². The molecule has 0 aliphatic carbocycles. The summed E-state index contributed by atoms with van der Waals surface area (Å²) in [5, 5.41) is 0. The summed E-state index contributed by atoms with van der Waals surface area (Å²) in [6.07, 6.45) is -0.470. The number of aromatic nitrogens is 2. The van der Waals surface area contributed by atoms with Gasteiger partial charge in [-0.05, 0) is 0 Å². The Labute approximate surface area is 84.3 Å². The molecule has 0 saturated carbocycles. The summed E-state index contributed by atoms with van der Waals surface area (Å²) >= 11 is 0. The smallest absolute Gasteiger partial charge is 0.364 e. The van der Waals surface area contributed by atoms with Gasteiger partial charge in [0.15, 0.2) is 0 Å². The lowest BCUT2D eigenvalue weighted by atomic mass is 10.4. The summed E-state index contributed by atoms with van der Waals surface area (Å²) < 4.78 is 32.4. The minimum absolute atomic E-state index is 0.192. The lowest BCUT2D eigenvalue weighted by Gasteiger charge is -1.96. The number of nitrogens with zero attached hydrogens (tertiary/aromatic N) is 2. The van der Waals surface area contributed by atoms with Crippen molar-refractivity contribution in [1.29, 1.82) is 0 Å². The Balaban J connectivity index is 0.000000288. The van der Waals surface area contributed by atoms with Gasteiger partial charge in [-0.25, -0.2) is 4.98 Å². The topological polar surface area (TPSA) is 68.9 Å². The van der Waals surface area contributed by atoms with Crippen LogP contribution in [0, 0.1) is 0 Å². The van der Waals surface area contributed by atoms with Gasteiger partial charge in [0.05, 0.1) is 6.20 Å². The maximum absolute atomic E-state index is 10.8. The van der Waals surface area contributed by atoms with Crippen molar-refractivity contribution in [2.45, 2.75) is 19.5 Å². The molecule has 1 aromatic rings. The van der Waals surface area contributed by atoms with Crippen LogP contribution < -0.4 is 5.73 Å². The standard InChI is InChI=1S/C5H5N3O.C3H5F3/c6-5(9)4-3-7-1-2-8-4;1-2-3(4,5)6/h1-3H,(H2,6,9);2H2,1H3. The minimum Gasteiger partial charge on any atom is -0.364 e. The van der Waals surface area contributed by atoms with Gasteiger partial charge in [0, 0.05) is 18.8 Å². The van der Waals surface area contributed by atoms with Crippen LogP contribution in [0.3, 0.4) is 0 Å². The van der Waals surface area contributed by atoms with Crippen molar-refractivity contribution in [3.63, 3.8) is 0 Å². The third-order valence-electron chi connectivity index (χ3n) is 1.22. The SMILES string of the molecule is CCC(F)(F)F.NC(=O)c1cnccn1. The lowest BCUT2D eigenvalue weighted by molar-refractivity contribution is -0.130. The fourth-order valence-electron chi connectivity index (χ4n) is 0.426. The summed E-state index contributed by atoms with van der Waals surface area (Å²) in [6, 6.07) is 0. The van der Waals surface area contributed by atoms with Gasteiger partial charge in [-0.2, -0.15) is 13.2 Å². The average Bonchev–Trinajstić information content (AvgIpc) is 2.19. The van der Waals surface area contributed by atoms with Gasteiger partial charge in [-0.15, -0.1) is 0 Å². The third-order valence-corrected chi connectivity index (χ3v) is 1.22. The lowest BCUT2D eigenvalue weighted by Crippen LogP contribution is -2.12.